The number of halogens is 4. The van der Waals surface area contributed by atoms with E-state index in [9.17, 15) is 17.6 Å². The van der Waals surface area contributed by atoms with Crippen LogP contribution in [0, 0.1) is 23.0 Å². The van der Waals surface area contributed by atoms with Gasteiger partial charge in [0.15, 0.2) is 11.6 Å². The average Bonchev–Trinajstić information content (AvgIpc) is 2.10. The van der Waals surface area contributed by atoms with Gasteiger partial charge in [-0.3, -0.25) is 0 Å². The molecule has 0 bridgehead atoms. The molecule has 0 aliphatic rings. The summed E-state index contributed by atoms with van der Waals surface area (Å²) in [5, 5.41) is 8.30. The molecule has 0 radical (unpaired) electrons. The highest BCUT2D eigenvalue weighted by atomic mass is 19.3. The third kappa shape index (κ3) is 2.13. The molecular formula is C8H3F4NO. The van der Waals surface area contributed by atoms with E-state index in [0.717, 1.165) is 0 Å². The summed E-state index contributed by atoms with van der Waals surface area (Å²) in [5.41, 5.74) is -0.680. The molecule has 0 saturated heterocycles. The molecule has 0 atom stereocenters. The molecule has 1 rings (SSSR count). The van der Waals surface area contributed by atoms with Gasteiger partial charge in [-0.05, 0) is 0 Å². The minimum atomic E-state index is -3.15. The highest BCUT2D eigenvalue weighted by Gasteiger charge is 2.13. The molecule has 0 aromatic heterocycles. The quantitative estimate of drug-likeness (QED) is 0.694. The van der Waals surface area contributed by atoms with E-state index >= 15 is 0 Å². The normalized spacial score (nSPS) is 10.0. The fourth-order valence-electron chi connectivity index (χ4n) is 0.816. The van der Waals surface area contributed by atoms with Crippen LogP contribution >= 0.6 is 0 Å². The van der Waals surface area contributed by atoms with Crippen LogP contribution < -0.4 is 4.74 Å². The van der Waals surface area contributed by atoms with Crippen LogP contribution in [0.3, 0.4) is 0 Å². The molecule has 0 aliphatic carbocycles. The molecule has 14 heavy (non-hydrogen) atoms. The minimum absolute atomic E-state index is 0.447. The standard InChI is InChI=1S/C8H3F4NO/c9-6-2-5(14-8(11)12)1-4(3-13)7(6)10/h1-2,8H. The molecule has 1 aromatic carbocycles. The number of ether oxygens (including phenoxy) is 1. The first kappa shape index (κ1) is 10.3. The molecule has 0 aliphatic heterocycles. The Bertz CT molecular complexity index is 386. The van der Waals surface area contributed by atoms with Gasteiger partial charge in [0.25, 0.3) is 0 Å². The Kier molecular flexibility index (Phi) is 2.92. The van der Waals surface area contributed by atoms with Crippen molar-refractivity contribution in [3.05, 3.63) is 29.3 Å². The molecule has 6 heteroatoms. The number of hydrogen-bond acceptors (Lipinski definition) is 2. The lowest BCUT2D eigenvalue weighted by Crippen LogP contribution is -2.03. The fourth-order valence-corrected chi connectivity index (χ4v) is 0.816. The van der Waals surface area contributed by atoms with E-state index in [1.165, 1.54) is 6.07 Å². The highest BCUT2D eigenvalue weighted by molar-refractivity contribution is 5.38. The van der Waals surface area contributed by atoms with Gasteiger partial charge in [0, 0.05) is 12.1 Å². The first-order valence-electron chi connectivity index (χ1n) is 3.38. The summed E-state index contributed by atoms with van der Waals surface area (Å²) in [5.74, 6) is -3.37. The van der Waals surface area contributed by atoms with Gasteiger partial charge in [0.05, 0.1) is 5.56 Å². The Hall–Kier alpha value is -1.77. The molecule has 0 fully saturated rings. The van der Waals surface area contributed by atoms with Crippen molar-refractivity contribution in [2.75, 3.05) is 0 Å². The lowest BCUT2D eigenvalue weighted by atomic mass is 10.2. The van der Waals surface area contributed by atoms with Crippen molar-refractivity contribution in [3.8, 4) is 11.8 Å². The Labute approximate surface area is 76.3 Å². The number of rotatable bonds is 2. The zero-order chi connectivity index (χ0) is 10.7. The zero-order valence-electron chi connectivity index (χ0n) is 6.60. The lowest BCUT2D eigenvalue weighted by Gasteiger charge is -2.05. The van der Waals surface area contributed by atoms with Crippen molar-refractivity contribution >= 4 is 0 Å². The SMILES string of the molecule is N#Cc1cc(OC(F)F)cc(F)c1F. The summed E-state index contributed by atoms with van der Waals surface area (Å²) in [6.07, 6.45) is 0. The average molecular weight is 205 g/mol. The molecule has 1 aromatic rings. The van der Waals surface area contributed by atoms with E-state index in [1.54, 1.807) is 0 Å². The van der Waals surface area contributed by atoms with Crippen LogP contribution in [0.2, 0.25) is 0 Å². The van der Waals surface area contributed by atoms with Gasteiger partial charge in [-0.25, -0.2) is 8.78 Å². The molecule has 0 unspecified atom stereocenters. The molecule has 0 amide bonds. The maximum atomic E-state index is 12.7. The van der Waals surface area contributed by atoms with Crippen molar-refractivity contribution in [2.24, 2.45) is 0 Å². The van der Waals surface area contributed by atoms with E-state index in [0.29, 0.717) is 12.1 Å². The number of nitrogens with zero attached hydrogens (tertiary/aromatic N) is 1. The smallest absolute Gasteiger partial charge is 0.387 e. The monoisotopic (exact) mass is 205 g/mol. The van der Waals surface area contributed by atoms with E-state index in [2.05, 4.69) is 4.74 Å². The first-order valence-corrected chi connectivity index (χ1v) is 3.38. The third-order valence-electron chi connectivity index (χ3n) is 1.35. The largest absolute Gasteiger partial charge is 0.435 e. The van der Waals surface area contributed by atoms with E-state index < -0.39 is 29.6 Å². The van der Waals surface area contributed by atoms with Gasteiger partial charge in [-0.15, -0.1) is 0 Å². The summed E-state index contributed by atoms with van der Waals surface area (Å²) in [4.78, 5) is 0. The second kappa shape index (κ2) is 3.96. The Morgan fingerprint density at radius 3 is 2.43 bits per heavy atom. The van der Waals surface area contributed by atoms with Gasteiger partial charge in [-0.2, -0.15) is 14.0 Å². The Morgan fingerprint density at radius 1 is 1.29 bits per heavy atom. The van der Waals surface area contributed by atoms with Crippen LogP contribution in [0.4, 0.5) is 17.6 Å². The number of nitriles is 1. The van der Waals surface area contributed by atoms with E-state index in [4.69, 9.17) is 5.26 Å². The van der Waals surface area contributed by atoms with Crippen molar-refractivity contribution in [1.82, 2.24) is 0 Å². The predicted molar refractivity (Wildman–Crippen MR) is 37.7 cm³/mol. The Balaban J connectivity index is 3.11. The van der Waals surface area contributed by atoms with Crippen molar-refractivity contribution in [1.29, 1.82) is 5.26 Å². The van der Waals surface area contributed by atoms with Gasteiger partial charge in [0.2, 0.25) is 0 Å². The van der Waals surface area contributed by atoms with Gasteiger partial charge >= 0.3 is 6.61 Å². The topological polar surface area (TPSA) is 33.0 Å². The molecular weight excluding hydrogens is 202 g/mol. The summed E-state index contributed by atoms with van der Waals surface area (Å²) < 4.78 is 52.4. The van der Waals surface area contributed by atoms with Crippen LogP contribution in [0.25, 0.3) is 0 Å². The number of benzene rings is 1. The molecule has 0 heterocycles. The third-order valence-corrected chi connectivity index (χ3v) is 1.35. The lowest BCUT2D eigenvalue weighted by molar-refractivity contribution is -0.0500. The number of hydrogen-bond donors (Lipinski definition) is 0. The molecule has 0 N–H and O–H groups in total. The second-order valence-corrected chi connectivity index (χ2v) is 2.26. The van der Waals surface area contributed by atoms with Crippen LogP contribution in [0.1, 0.15) is 5.56 Å². The van der Waals surface area contributed by atoms with E-state index in [1.807, 2.05) is 0 Å². The molecule has 0 saturated carbocycles. The zero-order valence-corrected chi connectivity index (χ0v) is 6.60. The fraction of sp³-hybridized carbons (Fsp3) is 0.125. The first-order chi connectivity index (χ1) is 6.54. The summed E-state index contributed by atoms with van der Waals surface area (Å²) >= 11 is 0. The molecule has 2 nitrogen and oxygen atoms in total. The van der Waals surface area contributed by atoms with Crippen LogP contribution in [-0.2, 0) is 0 Å². The molecule has 74 valence electrons. The number of alkyl halides is 2. The van der Waals surface area contributed by atoms with Crippen LogP contribution in [0.15, 0.2) is 12.1 Å². The molecule has 0 spiro atoms. The van der Waals surface area contributed by atoms with Crippen molar-refractivity contribution in [2.45, 2.75) is 6.61 Å². The van der Waals surface area contributed by atoms with Gasteiger partial charge < -0.3 is 4.74 Å². The minimum Gasteiger partial charge on any atom is -0.435 e. The Morgan fingerprint density at radius 2 is 1.93 bits per heavy atom. The maximum absolute atomic E-state index is 12.7. The second-order valence-electron chi connectivity index (χ2n) is 2.26. The van der Waals surface area contributed by atoms with Crippen molar-refractivity contribution < 1.29 is 22.3 Å². The summed E-state index contributed by atoms with van der Waals surface area (Å²) in [6.45, 7) is -3.15. The predicted octanol–water partition coefficient (Wildman–Crippen LogP) is 2.44. The van der Waals surface area contributed by atoms with E-state index in [-0.39, 0.29) is 0 Å². The van der Waals surface area contributed by atoms with Gasteiger partial charge in [-0.1, -0.05) is 0 Å². The maximum Gasteiger partial charge on any atom is 0.387 e. The van der Waals surface area contributed by atoms with Gasteiger partial charge in [0.1, 0.15) is 11.8 Å². The summed E-state index contributed by atoms with van der Waals surface area (Å²) in [7, 11) is 0. The summed E-state index contributed by atoms with van der Waals surface area (Å²) in [6, 6.07) is 2.46. The van der Waals surface area contributed by atoms with Crippen LogP contribution in [0.5, 0.6) is 5.75 Å². The highest BCUT2D eigenvalue weighted by Crippen LogP contribution is 2.21. The van der Waals surface area contributed by atoms with Crippen molar-refractivity contribution in [3.63, 3.8) is 0 Å². The van der Waals surface area contributed by atoms with Crippen LogP contribution in [-0.4, -0.2) is 6.61 Å².